The Balaban J connectivity index is 1.62. The molecule has 27 heavy (non-hydrogen) atoms. The topological polar surface area (TPSA) is 64.1 Å². The molecule has 0 atom stereocenters. The number of para-hydroxylation sites is 1. The van der Waals surface area contributed by atoms with Crippen LogP contribution in [0.25, 0.3) is 11.3 Å². The summed E-state index contributed by atoms with van der Waals surface area (Å²) < 4.78 is 5.65. The van der Waals surface area contributed by atoms with Gasteiger partial charge in [0.15, 0.2) is 0 Å². The lowest BCUT2D eigenvalue weighted by molar-refractivity contribution is 0.0952. The second-order valence-electron chi connectivity index (χ2n) is 6.69. The molecule has 1 aromatic heterocycles. The van der Waals surface area contributed by atoms with E-state index in [1.807, 2.05) is 48.5 Å². The van der Waals surface area contributed by atoms with Gasteiger partial charge in [-0.3, -0.25) is 4.79 Å². The summed E-state index contributed by atoms with van der Waals surface area (Å²) in [7, 11) is 0. The molecule has 138 valence electrons. The molecule has 0 aliphatic heterocycles. The van der Waals surface area contributed by atoms with Crippen molar-refractivity contribution in [2.45, 2.75) is 20.3 Å². The highest BCUT2D eigenvalue weighted by molar-refractivity contribution is 5.94. The number of nitrogens with zero attached hydrogens (tertiary/aromatic N) is 2. The van der Waals surface area contributed by atoms with Gasteiger partial charge in [0.1, 0.15) is 5.75 Å². The van der Waals surface area contributed by atoms with E-state index in [9.17, 15) is 4.79 Å². The number of benzene rings is 2. The average Bonchev–Trinajstić information content (AvgIpc) is 2.69. The van der Waals surface area contributed by atoms with Crippen molar-refractivity contribution in [1.29, 1.82) is 0 Å². The predicted molar refractivity (Wildman–Crippen MR) is 106 cm³/mol. The molecule has 0 aliphatic carbocycles. The van der Waals surface area contributed by atoms with E-state index in [-0.39, 0.29) is 5.91 Å². The summed E-state index contributed by atoms with van der Waals surface area (Å²) >= 11 is 0. The smallest absolute Gasteiger partial charge is 0.251 e. The highest BCUT2D eigenvalue weighted by atomic mass is 16.5. The van der Waals surface area contributed by atoms with Gasteiger partial charge in [-0.15, -0.1) is 10.2 Å². The molecule has 0 spiro atoms. The van der Waals surface area contributed by atoms with Gasteiger partial charge in [-0.05, 0) is 42.7 Å². The third-order valence-electron chi connectivity index (χ3n) is 4.06. The summed E-state index contributed by atoms with van der Waals surface area (Å²) in [6, 6.07) is 20.4. The van der Waals surface area contributed by atoms with Gasteiger partial charge in [-0.2, -0.15) is 0 Å². The molecule has 0 aliphatic rings. The first-order valence-corrected chi connectivity index (χ1v) is 9.07. The van der Waals surface area contributed by atoms with Crippen LogP contribution in [0.1, 0.15) is 30.6 Å². The number of aromatic nitrogens is 2. The van der Waals surface area contributed by atoms with Crippen molar-refractivity contribution in [2.75, 3.05) is 6.54 Å². The Labute approximate surface area is 159 Å². The van der Waals surface area contributed by atoms with Gasteiger partial charge < -0.3 is 10.1 Å². The molecular formula is C22H23N3O2. The zero-order valence-corrected chi connectivity index (χ0v) is 15.6. The summed E-state index contributed by atoms with van der Waals surface area (Å²) in [4.78, 5) is 12.1. The second-order valence-corrected chi connectivity index (χ2v) is 6.69. The number of rotatable bonds is 7. The first kappa shape index (κ1) is 18.6. The van der Waals surface area contributed by atoms with Crippen molar-refractivity contribution < 1.29 is 9.53 Å². The molecular weight excluding hydrogens is 338 g/mol. The molecule has 3 aromatic rings. The molecule has 3 rings (SSSR count). The fourth-order valence-electron chi connectivity index (χ4n) is 2.51. The summed E-state index contributed by atoms with van der Waals surface area (Å²) in [6.07, 6.45) is 0.969. The summed E-state index contributed by atoms with van der Waals surface area (Å²) in [5.41, 5.74) is 2.26. The molecule has 1 N–H and O–H groups in total. The Morgan fingerprint density at radius 3 is 2.33 bits per heavy atom. The highest BCUT2D eigenvalue weighted by Crippen LogP contribution is 2.21. The minimum atomic E-state index is -0.0557. The molecule has 1 heterocycles. The van der Waals surface area contributed by atoms with E-state index in [0.29, 0.717) is 29.7 Å². The van der Waals surface area contributed by atoms with Crippen LogP contribution < -0.4 is 10.1 Å². The molecule has 1 amide bonds. The van der Waals surface area contributed by atoms with Gasteiger partial charge >= 0.3 is 0 Å². The fourth-order valence-corrected chi connectivity index (χ4v) is 2.51. The first-order valence-electron chi connectivity index (χ1n) is 9.07. The van der Waals surface area contributed by atoms with Crippen molar-refractivity contribution in [3.8, 4) is 22.9 Å². The van der Waals surface area contributed by atoms with E-state index in [2.05, 4.69) is 29.4 Å². The minimum Gasteiger partial charge on any atom is -0.438 e. The molecule has 0 fully saturated rings. The van der Waals surface area contributed by atoms with Crippen molar-refractivity contribution in [2.24, 2.45) is 5.92 Å². The summed E-state index contributed by atoms with van der Waals surface area (Å²) in [5.74, 6) is 1.67. The van der Waals surface area contributed by atoms with Crippen LogP contribution in [0.4, 0.5) is 0 Å². The quantitative estimate of drug-likeness (QED) is 0.662. The standard InChI is InChI=1S/C22H23N3O2/c1-16(2)14-15-23-22(26)18-10-8-17(9-11-18)20-12-13-21(25-24-20)27-19-6-4-3-5-7-19/h3-13,16H,14-15H2,1-2H3,(H,23,26). The molecule has 2 aromatic carbocycles. The molecule has 0 radical (unpaired) electrons. The van der Waals surface area contributed by atoms with E-state index >= 15 is 0 Å². The lowest BCUT2D eigenvalue weighted by atomic mass is 10.1. The van der Waals surface area contributed by atoms with Crippen LogP contribution >= 0.6 is 0 Å². The monoisotopic (exact) mass is 361 g/mol. The number of carbonyl (C=O) groups is 1. The number of hydrogen-bond acceptors (Lipinski definition) is 4. The fraction of sp³-hybridized carbons (Fsp3) is 0.227. The average molecular weight is 361 g/mol. The minimum absolute atomic E-state index is 0.0557. The zero-order chi connectivity index (χ0) is 19.1. The van der Waals surface area contributed by atoms with E-state index in [0.717, 1.165) is 17.7 Å². The van der Waals surface area contributed by atoms with Crippen molar-refractivity contribution >= 4 is 5.91 Å². The van der Waals surface area contributed by atoms with Crippen molar-refractivity contribution in [3.63, 3.8) is 0 Å². The largest absolute Gasteiger partial charge is 0.438 e. The maximum atomic E-state index is 12.1. The maximum Gasteiger partial charge on any atom is 0.251 e. The molecule has 0 bridgehead atoms. The number of hydrogen-bond donors (Lipinski definition) is 1. The van der Waals surface area contributed by atoms with Gasteiger partial charge in [-0.25, -0.2) is 0 Å². The van der Waals surface area contributed by atoms with E-state index < -0.39 is 0 Å². The molecule has 0 saturated carbocycles. The lowest BCUT2D eigenvalue weighted by Gasteiger charge is -2.08. The zero-order valence-electron chi connectivity index (χ0n) is 15.6. The Kier molecular flexibility index (Phi) is 6.15. The number of ether oxygens (including phenoxy) is 1. The van der Waals surface area contributed by atoms with Crippen LogP contribution in [-0.4, -0.2) is 22.6 Å². The van der Waals surface area contributed by atoms with Gasteiger partial charge in [-0.1, -0.05) is 44.2 Å². The van der Waals surface area contributed by atoms with Crippen LogP contribution in [0, 0.1) is 5.92 Å². The second kappa shape index (κ2) is 8.94. The van der Waals surface area contributed by atoms with Crippen LogP contribution in [0.15, 0.2) is 66.7 Å². The molecule has 5 heteroatoms. The van der Waals surface area contributed by atoms with Gasteiger partial charge in [0.25, 0.3) is 5.91 Å². The maximum absolute atomic E-state index is 12.1. The van der Waals surface area contributed by atoms with Crippen LogP contribution in [0.5, 0.6) is 11.6 Å². The first-order chi connectivity index (χ1) is 13.1. The van der Waals surface area contributed by atoms with Crippen molar-refractivity contribution in [3.05, 3.63) is 72.3 Å². The Bertz CT molecular complexity index is 860. The Morgan fingerprint density at radius 2 is 1.70 bits per heavy atom. The van der Waals surface area contributed by atoms with Crippen molar-refractivity contribution in [1.82, 2.24) is 15.5 Å². The number of amides is 1. The van der Waals surface area contributed by atoms with E-state index in [4.69, 9.17) is 4.74 Å². The lowest BCUT2D eigenvalue weighted by Crippen LogP contribution is -2.25. The normalized spacial score (nSPS) is 10.6. The highest BCUT2D eigenvalue weighted by Gasteiger charge is 2.07. The van der Waals surface area contributed by atoms with Gasteiger partial charge in [0.05, 0.1) is 5.69 Å². The van der Waals surface area contributed by atoms with Crippen LogP contribution in [0.3, 0.4) is 0 Å². The Morgan fingerprint density at radius 1 is 0.963 bits per heavy atom. The molecule has 0 saturated heterocycles. The number of nitrogens with one attached hydrogen (secondary N) is 1. The third-order valence-corrected chi connectivity index (χ3v) is 4.06. The predicted octanol–water partition coefficient (Wildman–Crippen LogP) is 4.71. The summed E-state index contributed by atoms with van der Waals surface area (Å²) in [5, 5.41) is 11.3. The van der Waals surface area contributed by atoms with E-state index in [1.54, 1.807) is 18.2 Å². The SMILES string of the molecule is CC(C)CCNC(=O)c1ccc(-c2ccc(Oc3ccccc3)nn2)cc1. The number of carbonyl (C=O) groups excluding carboxylic acids is 1. The van der Waals surface area contributed by atoms with E-state index in [1.165, 1.54) is 0 Å². The van der Waals surface area contributed by atoms with Gasteiger partial charge in [0, 0.05) is 23.7 Å². The van der Waals surface area contributed by atoms with Crippen LogP contribution in [0.2, 0.25) is 0 Å². The van der Waals surface area contributed by atoms with Gasteiger partial charge in [0.2, 0.25) is 5.88 Å². The summed E-state index contributed by atoms with van der Waals surface area (Å²) in [6.45, 7) is 4.96. The molecule has 5 nitrogen and oxygen atoms in total. The molecule has 0 unspecified atom stereocenters. The Hall–Kier alpha value is -3.21. The third kappa shape index (κ3) is 5.38. The van der Waals surface area contributed by atoms with Crippen LogP contribution in [-0.2, 0) is 0 Å².